The summed E-state index contributed by atoms with van der Waals surface area (Å²) in [6, 6.07) is 8.67. The van der Waals surface area contributed by atoms with Gasteiger partial charge >= 0.3 is 0 Å². The molecule has 3 heteroatoms. The number of pyridine rings is 1. The first-order chi connectivity index (χ1) is 10.2. The van der Waals surface area contributed by atoms with Crippen LogP contribution in [-0.4, -0.2) is 18.6 Å². The number of nitrogens with one attached hydrogen (secondary N) is 1. The Balaban J connectivity index is 2.36. The summed E-state index contributed by atoms with van der Waals surface area (Å²) in [4.78, 5) is 4.21. The van der Waals surface area contributed by atoms with Crippen molar-refractivity contribution >= 4 is 0 Å². The number of rotatable bonds is 6. The summed E-state index contributed by atoms with van der Waals surface area (Å²) < 4.78 is 5.67. The van der Waals surface area contributed by atoms with Crippen LogP contribution in [0.3, 0.4) is 0 Å². The predicted molar refractivity (Wildman–Crippen MR) is 86.8 cm³/mol. The smallest absolute Gasteiger partial charge is 0.126 e. The molecule has 0 fully saturated rings. The topological polar surface area (TPSA) is 34.2 Å². The average molecular weight is 284 g/mol. The molecule has 2 rings (SSSR count). The van der Waals surface area contributed by atoms with Gasteiger partial charge in [-0.1, -0.05) is 25.1 Å². The highest BCUT2D eigenvalue weighted by Crippen LogP contribution is 2.32. The number of likely N-dealkylation sites (N-methyl/N-ethyl adjacent to an activating group) is 1. The fourth-order valence-electron chi connectivity index (χ4n) is 2.65. The van der Waals surface area contributed by atoms with Crippen molar-refractivity contribution in [3.63, 3.8) is 0 Å². The molecule has 1 atom stereocenters. The van der Waals surface area contributed by atoms with Gasteiger partial charge in [-0.05, 0) is 49.6 Å². The number of methoxy groups -OCH3 is 1. The molecule has 0 aliphatic heterocycles. The Morgan fingerprint density at radius 1 is 1.24 bits per heavy atom. The minimum atomic E-state index is 0.230. The van der Waals surface area contributed by atoms with Crippen LogP contribution in [0.2, 0.25) is 0 Å². The van der Waals surface area contributed by atoms with Gasteiger partial charge in [0.1, 0.15) is 5.75 Å². The van der Waals surface area contributed by atoms with Crippen molar-refractivity contribution in [3.8, 4) is 5.75 Å². The van der Waals surface area contributed by atoms with E-state index in [0.717, 1.165) is 18.7 Å². The lowest BCUT2D eigenvalue weighted by atomic mass is 9.95. The van der Waals surface area contributed by atoms with E-state index in [-0.39, 0.29) is 6.04 Å². The van der Waals surface area contributed by atoms with Gasteiger partial charge < -0.3 is 10.1 Å². The molecule has 0 amide bonds. The van der Waals surface area contributed by atoms with Crippen molar-refractivity contribution in [2.24, 2.45) is 0 Å². The van der Waals surface area contributed by atoms with Crippen LogP contribution in [0, 0.1) is 13.8 Å². The molecule has 0 saturated carbocycles. The van der Waals surface area contributed by atoms with Gasteiger partial charge in [0.2, 0.25) is 0 Å². The predicted octanol–water partition coefficient (Wildman–Crippen LogP) is 3.60. The van der Waals surface area contributed by atoms with E-state index < -0.39 is 0 Å². The molecule has 0 spiro atoms. The van der Waals surface area contributed by atoms with Crippen molar-refractivity contribution in [3.05, 3.63) is 58.9 Å². The van der Waals surface area contributed by atoms with Gasteiger partial charge in [0.15, 0.2) is 0 Å². The maximum absolute atomic E-state index is 5.67. The standard InChI is InChI=1S/C18H24N2O/c1-5-20-17(11-15-7-6-10-19-12-15)16-9-8-13(2)14(3)18(16)21-4/h6-10,12,17,20H,5,11H2,1-4H3. The first kappa shape index (κ1) is 15.5. The second-order valence-electron chi connectivity index (χ2n) is 5.31. The molecule has 1 unspecified atom stereocenters. The van der Waals surface area contributed by atoms with Crippen LogP contribution in [0.15, 0.2) is 36.7 Å². The number of benzene rings is 1. The van der Waals surface area contributed by atoms with Gasteiger partial charge in [-0.25, -0.2) is 0 Å². The summed E-state index contributed by atoms with van der Waals surface area (Å²) in [7, 11) is 1.75. The van der Waals surface area contributed by atoms with E-state index in [1.165, 1.54) is 22.3 Å². The molecular formula is C18H24N2O. The Kier molecular flexibility index (Phi) is 5.34. The van der Waals surface area contributed by atoms with Gasteiger partial charge in [0.05, 0.1) is 7.11 Å². The molecule has 0 aliphatic carbocycles. The summed E-state index contributed by atoms with van der Waals surface area (Å²) >= 11 is 0. The molecule has 112 valence electrons. The fourth-order valence-corrected chi connectivity index (χ4v) is 2.65. The number of aryl methyl sites for hydroxylation is 1. The highest BCUT2D eigenvalue weighted by atomic mass is 16.5. The second-order valence-corrected chi connectivity index (χ2v) is 5.31. The van der Waals surface area contributed by atoms with Gasteiger partial charge in [-0.15, -0.1) is 0 Å². The third-order valence-electron chi connectivity index (χ3n) is 3.90. The lowest BCUT2D eigenvalue weighted by Gasteiger charge is -2.22. The van der Waals surface area contributed by atoms with Crippen molar-refractivity contribution in [2.45, 2.75) is 33.2 Å². The number of ether oxygens (including phenoxy) is 1. The molecular weight excluding hydrogens is 260 g/mol. The van der Waals surface area contributed by atoms with Gasteiger partial charge in [-0.2, -0.15) is 0 Å². The van der Waals surface area contributed by atoms with E-state index >= 15 is 0 Å². The van der Waals surface area contributed by atoms with Gasteiger partial charge in [0, 0.05) is 24.0 Å². The number of aromatic nitrogens is 1. The van der Waals surface area contributed by atoms with E-state index in [2.05, 4.69) is 49.3 Å². The Bertz CT molecular complexity index is 581. The molecule has 3 nitrogen and oxygen atoms in total. The minimum Gasteiger partial charge on any atom is -0.496 e. The SMILES string of the molecule is CCNC(Cc1cccnc1)c1ccc(C)c(C)c1OC. The van der Waals surface area contributed by atoms with Crippen molar-refractivity contribution in [2.75, 3.05) is 13.7 Å². The monoisotopic (exact) mass is 284 g/mol. The van der Waals surface area contributed by atoms with E-state index in [4.69, 9.17) is 4.74 Å². The largest absolute Gasteiger partial charge is 0.496 e. The summed E-state index contributed by atoms with van der Waals surface area (Å²) in [5, 5.41) is 3.56. The maximum Gasteiger partial charge on any atom is 0.126 e. The summed E-state index contributed by atoms with van der Waals surface area (Å²) in [6.07, 6.45) is 4.64. The molecule has 1 aromatic heterocycles. The lowest BCUT2D eigenvalue weighted by Crippen LogP contribution is -2.24. The first-order valence-electron chi connectivity index (χ1n) is 7.43. The summed E-state index contributed by atoms with van der Waals surface area (Å²) in [5.41, 5.74) is 4.91. The molecule has 0 saturated heterocycles. The Morgan fingerprint density at radius 2 is 2.05 bits per heavy atom. The molecule has 0 bridgehead atoms. The third-order valence-corrected chi connectivity index (χ3v) is 3.90. The highest BCUT2D eigenvalue weighted by Gasteiger charge is 2.18. The van der Waals surface area contributed by atoms with Crippen LogP contribution in [0.5, 0.6) is 5.75 Å². The van der Waals surface area contributed by atoms with Crippen LogP contribution >= 0.6 is 0 Å². The Hall–Kier alpha value is -1.87. The highest BCUT2D eigenvalue weighted by molar-refractivity contribution is 5.47. The molecule has 1 N–H and O–H groups in total. The average Bonchev–Trinajstić information content (AvgIpc) is 2.50. The molecule has 0 radical (unpaired) electrons. The molecule has 1 aromatic carbocycles. The van der Waals surface area contributed by atoms with Crippen LogP contribution in [0.4, 0.5) is 0 Å². The van der Waals surface area contributed by atoms with Crippen LogP contribution in [-0.2, 0) is 6.42 Å². The van der Waals surface area contributed by atoms with Crippen molar-refractivity contribution < 1.29 is 4.74 Å². The van der Waals surface area contributed by atoms with E-state index in [1.54, 1.807) is 7.11 Å². The molecule has 1 heterocycles. The molecule has 0 aliphatic rings. The zero-order chi connectivity index (χ0) is 15.2. The summed E-state index contributed by atoms with van der Waals surface area (Å²) in [5.74, 6) is 0.991. The van der Waals surface area contributed by atoms with Crippen LogP contribution in [0.1, 0.15) is 35.2 Å². The zero-order valence-corrected chi connectivity index (χ0v) is 13.3. The maximum atomic E-state index is 5.67. The van der Waals surface area contributed by atoms with Crippen LogP contribution < -0.4 is 10.1 Å². The second kappa shape index (κ2) is 7.23. The first-order valence-corrected chi connectivity index (χ1v) is 7.43. The summed E-state index contributed by atoms with van der Waals surface area (Å²) in [6.45, 7) is 7.28. The van der Waals surface area contributed by atoms with Crippen LogP contribution in [0.25, 0.3) is 0 Å². The number of nitrogens with zero attached hydrogens (tertiary/aromatic N) is 1. The molecule has 2 aromatic rings. The van der Waals surface area contributed by atoms with E-state index in [9.17, 15) is 0 Å². The Morgan fingerprint density at radius 3 is 2.67 bits per heavy atom. The van der Waals surface area contributed by atoms with Gasteiger partial charge in [-0.3, -0.25) is 4.98 Å². The Labute approximate surface area is 127 Å². The number of hydrogen-bond donors (Lipinski definition) is 1. The number of hydrogen-bond acceptors (Lipinski definition) is 3. The minimum absolute atomic E-state index is 0.230. The third kappa shape index (κ3) is 3.61. The van der Waals surface area contributed by atoms with E-state index in [1.807, 2.05) is 18.5 Å². The lowest BCUT2D eigenvalue weighted by molar-refractivity contribution is 0.395. The quantitative estimate of drug-likeness (QED) is 0.880. The fraction of sp³-hybridized carbons (Fsp3) is 0.389. The van der Waals surface area contributed by atoms with Crippen molar-refractivity contribution in [1.82, 2.24) is 10.3 Å². The van der Waals surface area contributed by atoms with Crippen molar-refractivity contribution in [1.29, 1.82) is 0 Å². The zero-order valence-electron chi connectivity index (χ0n) is 13.3. The van der Waals surface area contributed by atoms with Gasteiger partial charge in [0.25, 0.3) is 0 Å². The normalized spacial score (nSPS) is 12.2. The molecule has 21 heavy (non-hydrogen) atoms. The van der Waals surface area contributed by atoms with E-state index in [0.29, 0.717) is 0 Å².